The quantitative estimate of drug-likeness (QED) is 0.563. The minimum atomic E-state index is -0.649. The fourth-order valence-corrected chi connectivity index (χ4v) is 3.96. The first-order valence-corrected chi connectivity index (χ1v) is 10.2. The van der Waals surface area contributed by atoms with Crippen LogP contribution in [0.5, 0.6) is 0 Å². The number of hydrogen-bond donors (Lipinski definition) is 1. The smallest absolute Gasteiger partial charge is 0.338 e. The van der Waals surface area contributed by atoms with Crippen molar-refractivity contribution in [3.63, 3.8) is 0 Å². The average molecular weight is 424 g/mol. The van der Waals surface area contributed by atoms with Crippen molar-refractivity contribution in [1.29, 1.82) is 0 Å². The van der Waals surface area contributed by atoms with Crippen LogP contribution in [0.25, 0.3) is 0 Å². The lowest BCUT2D eigenvalue weighted by atomic mass is 9.94. The van der Waals surface area contributed by atoms with Crippen molar-refractivity contribution in [1.82, 2.24) is 19.9 Å². The van der Waals surface area contributed by atoms with Gasteiger partial charge in [-0.1, -0.05) is 19.3 Å². The number of amides is 2. The van der Waals surface area contributed by atoms with Gasteiger partial charge in [-0.3, -0.25) is 14.5 Å². The van der Waals surface area contributed by atoms with E-state index >= 15 is 0 Å². The van der Waals surface area contributed by atoms with Crippen LogP contribution < -0.4 is 10.6 Å². The van der Waals surface area contributed by atoms with Crippen molar-refractivity contribution in [2.24, 2.45) is 0 Å². The van der Waals surface area contributed by atoms with Gasteiger partial charge in [-0.15, -0.1) is 0 Å². The number of nitrogens with two attached hydrogens (primary N) is 1. The van der Waals surface area contributed by atoms with Gasteiger partial charge in [0.05, 0.1) is 16.7 Å². The first kappa shape index (κ1) is 20.7. The van der Waals surface area contributed by atoms with Crippen LogP contribution in [0.2, 0.25) is 0 Å². The molecule has 0 radical (unpaired) electrons. The van der Waals surface area contributed by atoms with Gasteiger partial charge in [0.25, 0.3) is 11.8 Å². The van der Waals surface area contributed by atoms with Crippen molar-refractivity contribution in [2.45, 2.75) is 44.8 Å². The van der Waals surface area contributed by atoms with E-state index in [1.54, 1.807) is 19.0 Å². The molecule has 1 aromatic heterocycles. The van der Waals surface area contributed by atoms with Crippen molar-refractivity contribution in [3.8, 4) is 0 Å². The number of nitrogens with zero attached hydrogens (tertiary/aromatic N) is 5. The predicted molar refractivity (Wildman–Crippen MR) is 112 cm³/mol. The molecule has 31 heavy (non-hydrogen) atoms. The van der Waals surface area contributed by atoms with Crippen molar-refractivity contribution < 1.29 is 19.1 Å². The van der Waals surface area contributed by atoms with Crippen molar-refractivity contribution in [3.05, 3.63) is 40.7 Å². The average Bonchev–Trinajstić information content (AvgIpc) is 3.01. The molecule has 1 aromatic carbocycles. The van der Waals surface area contributed by atoms with Crippen LogP contribution >= 0.6 is 0 Å². The standard InChI is InChI=1S/C21H24N6O4/c1-26(2)21-24-16(23-20(22)25-21)11-31-19(30)12-8-9-14-15(10-12)18(29)27(17(14)28)13-6-4-3-5-7-13/h8-10,13H,3-7,11H2,1-2H3,(H2,22,23,24,25). The Morgan fingerprint density at radius 2 is 1.81 bits per heavy atom. The number of ether oxygens (including phenoxy) is 1. The summed E-state index contributed by atoms with van der Waals surface area (Å²) in [5.74, 6) is -0.701. The lowest BCUT2D eigenvalue weighted by Gasteiger charge is -2.29. The van der Waals surface area contributed by atoms with Crippen LogP contribution in [0.15, 0.2) is 18.2 Å². The molecule has 0 atom stereocenters. The molecule has 10 heteroatoms. The van der Waals surface area contributed by atoms with Crippen LogP contribution in [-0.2, 0) is 11.3 Å². The fraction of sp³-hybridized carbons (Fsp3) is 0.429. The van der Waals surface area contributed by atoms with E-state index in [2.05, 4.69) is 15.0 Å². The Labute approximate surface area is 179 Å². The minimum Gasteiger partial charge on any atom is -0.454 e. The van der Waals surface area contributed by atoms with Crippen LogP contribution in [0.1, 0.15) is 69.0 Å². The van der Waals surface area contributed by atoms with Crippen LogP contribution in [0, 0.1) is 0 Å². The molecular formula is C21H24N6O4. The third-order valence-electron chi connectivity index (χ3n) is 5.51. The van der Waals surface area contributed by atoms with E-state index in [0.29, 0.717) is 11.5 Å². The monoisotopic (exact) mass is 424 g/mol. The van der Waals surface area contributed by atoms with Crippen molar-refractivity contribution in [2.75, 3.05) is 24.7 Å². The highest BCUT2D eigenvalue weighted by Gasteiger charge is 2.40. The third kappa shape index (κ3) is 4.05. The number of imide groups is 1. The molecule has 0 saturated heterocycles. The van der Waals surface area contributed by atoms with Gasteiger partial charge in [0.1, 0.15) is 0 Å². The van der Waals surface area contributed by atoms with E-state index in [0.717, 1.165) is 32.1 Å². The summed E-state index contributed by atoms with van der Waals surface area (Å²) >= 11 is 0. The van der Waals surface area contributed by atoms with Gasteiger partial charge in [-0.05, 0) is 31.0 Å². The minimum absolute atomic E-state index is 0.0224. The van der Waals surface area contributed by atoms with Gasteiger partial charge < -0.3 is 15.4 Å². The Balaban J connectivity index is 1.49. The molecule has 2 aromatic rings. The molecular weight excluding hydrogens is 400 g/mol. The van der Waals surface area contributed by atoms with Gasteiger partial charge in [-0.2, -0.15) is 15.0 Å². The van der Waals surface area contributed by atoms with Gasteiger partial charge in [0.15, 0.2) is 12.4 Å². The summed E-state index contributed by atoms with van der Waals surface area (Å²) < 4.78 is 5.29. The van der Waals surface area contributed by atoms with E-state index < -0.39 is 5.97 Å². The van der Waals surface area contributed by atoms with E-state index in [1.807, 2.05) is 0 Å². The second-order valence-corrected chi connectivity index (χ2v) is 7.91. The molecule has 162 valence electrons. The van der Waals surface area contributed by atoms with Gasteiger partial charge in [0, 0.05) is 20.1 Å². The summed E-state index contributed by atoms with van der Waals surface area (Å²) in [6.07, 6.45) is 4.78. The molecule has 1 aliphatic heterocycles. The number of rotatable bonds is 5. The molecule has 0 unspecified atom stereocenters. The number of aromatic nitrogens is 3. The van der Waals surface area contributed by atoms with E-state index in [9.17, 15) is 14.4 Å². The maximum Gasteiger partial charge on any atom is 0.338 e. The number of anilines is 2. The second-order valence-electron chi connectivity index (χ2n) is 7.91. The molecule has 0 bridgehead atoms. The zero-order chi connectivity index (χ0) is 22.1. The van der Waals surface area contributed by atoms with E-state index in [1.165, 1.54) is 23.1 Å². The Kier molecular flexibility index (Phi) is 5.53. The Bertz CT molecular complexity index is 1050. The highest BCUT2D eigenvalue weighted by molar-refractivity contribution is 6.22. The molecule has 2 aliphatic rings. The summed E-state index contributed by atoms with van der Waals surface area (Å²) in [5, 5.41) is 0. The molecule has 1 saturated carbocycles. The summed E-state index contributed by atoms with van der Waals surface area (Å²) in [4.78, 5) is 53.4. The first-order valence-electron chi connectivity index (χ1n) is 10.2. The topological polar surface area (TPSA) is 132 Å². The molecule has 4 rings (SSSR count). The normalized spacial score (nSPS) is 16.4. The Morgan fingerprint density at radius 3 is 2.52 bits per heavy atom. The summed E-state index contributed by atoms with van der Waals surface area (Å²) in [6, 6.07) is 4.36. The highest BCUT2D eigenvalue weighted by Crippen LogP contribution is 2.31. The van der Waals surface area contributed by atoms with Crippen LogP contribution in [0.4, 0.5) is 11.9 Å². The number of benzene rings is 1. The zero-order valence-corrected chi connectivity index (χ0v) is 17.5. The van der Waals surface area contributed by atoms with Crippen molar-refractivity contribution >= 4 is 29.7 Å². The van der Waals surface area contributed by atoms with E-state index in [4.69, 9.17) is 10.5 Å². The Hall–Kier alpha value is -3.56. The van der Waals surface area contributed by atoms with Crippen LogP contribution in [-0.4, -0.2) is 57.8 Å². The molecule has 10 nitrogen and oxygen atoms in total. The molecule has 2 N–H and O–H groups in total. The lowest BCUT2D eigenvalue weighted by molar-refractivity contribution is 0.0461. The number of esters is 1. The molecule has 0 spiro atoms. The second kappa shape index (κ2) is 8.29. The number of hydrogen-bond acceptors (Lipinski definition) is 9. The number of nitrogen functional groups attached to an aromatic ring is 1. The highest BCUT2D eigenvalue weighted by atomic mass is 16.5. The number of carbonyl (C=O) groups excluding carboxylic acids is 3. The maximum atomic E-state index is 12.9. The third-order valence-corrected chi connectivity index (χ3v) is 5.51. The van der Waals surface area contributed by atoms with Gasteiger partial charge in [0.2, 0.25) is 11.9 Å². The molecule has 1 aliphatic carbocycles. The molecule has 2 heterocycles. The summed E-state index contributed by atoms with van der Waals surface area (Å²) in [6.45, 7) is -0.204. The van der Waals surface area contributed by atoms with Gasteiger partial charge >= 0.3 is 5.97 Å². The molecule has 2 amide bonds. The number of carbonyl (C=O) groups is 3. The Morgan fingerprint density at radius 1 is 1.10 bits per heavy atom. The lowest BCUT2D eigenvalue weighted by Crippen LogP contribution is -2.40. The van der Waals surface area contributed by atoms with Crippen LogP contribution in [0.3, 0.4) is 0 Å². The predicted octanol–water partition coefficient (Wildman–Crippen LogP) is 1.81. The van der Waals surface area contributed by atoms with E-state index in [-0.39, 0.29) is 47.4 Å². The SMILES string of the molecule is CN(C)c1nc(N)nc(COC(=O)c2ccc3c(c2)C(=O)N(C2CCCCC2)C3=O)n1. The maximum absolute atomic E-state index is 12.9. The zero-order valence-electron chi connectivity index (χ0n) is 17.5. The molecule has 1 fully saturated rings. The first-order chi connectivity index (χ1) is 14.8. The summed E-state index contributed by atoms with van der Waals surface area (Å²) in [7, 11) is 3.51. The van der Waals surface area contributed by atoms with Gasteiger partial charge in [-0.25, -0.2) is 4.79 Å². The largest absolute Gasteiger partial charge is 0.454 e. The fourth-order valence-electron chi connectivity index (χ4n) is 3.96. The summed E-state index contributed by atoms with van der Waals surface area (Å²) in [5.41, 5.74) is 6.42. The number of fused-ring (bicyclic) bond motifs is 1.